The summed E-state index contributed by atoms with van der Waals surface area (Å²) in [6.45, 7) is 2.63. The van der Waals surface area contributed by atoms with E-state index in [1.807, 2.05) is 61.5 Å². The molecular weight excluding hydrogens is 212 g/mol. The zero-order chi connectivity index (χ0) is 12.5. The maximum absolute atomic E-state index is 5.51. The lowest BCUT2D eigenvalue weighted by atomic mass is 10.3. The molecule has 2 aromatic rings. The van der Waals surface area contributed by atoms with Crippen molar-refractivity contribution in [2.24, 2.45) is 0 Å². The lowest BCUT2D eigenvalue weighted by Crippen LogP contribution is -1.92. The molecule has 0 radical (unpaired) electrons. The third kappa shape index (κ3) is 5.47. The molecule has 0 unspecified atom stereocenters. The van der Waals surface area contributed by atoms with Crippen molar-refractivity contribution >= 4 is 11.4 Å². The summed E-state index contributed by atoms with van der Waals surface area (Å²) < 4.78 is 5.21. The number of anilines is 2. The second-order valence-electron chi connectivity index (χ2n) is 3.42. The fourth-order valence-electron chi connectivity index (χ4n) is 1.22. The molecule has 2 rings (SSSR count). The topological polar surface area (TPSA) is 61.3 Å². The van der Waals surface area contributed by atoms with Gasteiger partial charge in [-0.3, -0.25) is 0 Å². The van der Waals surface area contributed by atoms with Crippen LogP contribution in [-0.2, 0) is 0 Å². The van der Waals surface area contributed by atoms with E-state index in [0.717, 1.165) is 17.1 Å². The van der Waals surface area contributed by atoms with Crippen molar-refractivity contribution in [1.29, 1.82) is 0 Å². The summed E-state index contributed by atoms with van der Waals surface area (Å²) in [7, 11) is 0. The standard InChI is InChI=1S/C8H11NO.C6H7N/c1-2-10-8-5-3-4-7(9)6-8;7-6-4-2-1-3-5-6/h3-6H,2,9H2,1H3;1-5H,7H2. The van der Waals surface area contributed by atoms with E-state index in [9.17, 15) is 0 Å². The summed E-state index contributed by atoms with van der Waals surface area (Å²) in [5, 5.41) is 0. The third-order valence-electron chi connectivity index (χ3n) is 1.97. The highest BCUT2D eigenvalue weighted by Gasteiger charge is 1.89. The summed E-state index contributed by atoms with van der Waals surface area (Å²) in [4.78, 5) is 0. The Morgan fingerprint density at radius 1 is 0.882 bits per heavy atom. The molecule has 0 heterocycles. The average Bonchev–Trinajstić information content (AvgIpc) is 2.31. The Hall–Kier alpha value is -2.16. The fraction of sp³-hybridized carbons (Fsp3) is 0.143. The molecule has 0 aliphatic rings. The highest BCUT2D eigenvalue weighted by molar-refractivity contribution is 5.43. The minimum atomic E-state index is 0.684. The van der Waals surface area contributed by atoms with Gasteiger partial charge in [-0.05, 0) is 31.2 Å². The molecule has 17 heavy (non-hydrogen) atoms. The summed E-state index contributed by atoms with van der Waals surface area (Å²) in [5.74, 6) is 0.836. The van der Waals surface area contributed by atoms with Gasteiger partial charge in [-0.25, -0.2) is 0 Å². The van der Waals surface area contributed by atoms with Gasteiger partial charge < -0.3 is 16.2 Å². The minimum absolute atomic E-state index is 0.684. The molecule has 0 aliphatic heterocycles. The van der Waals surface area contributed by atoms with Crippen LogP contribution < -0.4 is 16.2 Å². The zero-order valence-electron chi connectivity index (χ0n) is 9.97. The lowest BCUT2D eigenvalue weighted by molar-refractivity contribution is 0.340. The van der Waals surface area contributed by atoms with Crippen LogP contribution in [0.15, 0.2) is 54.6 Å². The third-order valence-corrected chi connectivity index (χ3v) is 1.97. The second kappa shape index (κ2) is 7.17. The normalized spacial score (nSPS) is 9.00. The van der Waals surface area contributed by atoms with Gasteiger partial charge in [0.15, 0.2) is 0 Å². The van der Waals surface area contributed by atoms with Gasteiger partial charge in [-0.1, -0.05) is 24.3 Å². The molecule has 0 atom stereocenters. The van der Waals surface area contributed by atoms with Crippen molar-refractivity contribution < 1.29 is 4.74 Å². The molecule has 0 fully saturated rings. The Morgan fingerprint density at radius 2 is 1.53 bits per heavy atom. The van der Waals surface area contributed by atoms with Gasteiger partial charge in [0.1, 0.15) is 5.75 Å². The van der Waals surface area contributed by atoms with Gasteiger partial charge in [0, 0.05) is 17.4 Å². The number of nitrogens with two attached hydrogens (primary N) is 2. The first kappa shape index (κ1) is 12.9. The Balaban J connectivity index is 0.000000181. The van der Waals surface area contributed by atoms with Crippen LogP contribution in [-0.4, -0.2) is 6.61 Å². The van der Waals surface area contributed by atoms with E-state index in [2.05, 4.69) is 0 Å². The van der Waals surface area contributed by atoms with Gasteiger partial charge in [0.2, 0.25) is 0 Å². The van der Waals surface area contributed by atoms with E-state index >= 15 is 0 Å². The summed E-state index contributed by atoms with van der Waals surface area (Å²) in [5.41, 5.74) is 12.4. The van der Waals surface area contributed by atoms with E-state index in [1.54, 1.807) is 0 Å². The van der Waals surface area contributed by atoms with Crippen LogP contribution in [0.5, 0.6) is 5.75 Å². The van der Waals surface area contributed by atoms with Crippen molar-refractivity contribution in [3.8, 4) is 5.75 Å². The largest absolute Gasteiger partial charge is 0.494 e. The number of nitrogen functional groups attached to an aromatic ring is 2. The number of hydrogen-bond acceptors (Lipinski definition) is 3. The van der Waals surface area contributed by atoms with Crippen molar-refractivity contribution in [1.82, 2.24) is 0 Å². The van der Waals surface area contributed by atoms with Gasteiger partial charge in [-0.15, -0.1) is 0 Å². The van der Waals surface area contributed by atoms with E-state index in [4.69, 9.17) is 16.2 Å². The number of benzene rings is 2. The Bertz CT molecular complexity index is 429. The molecular formula is C14H18N2O. The highest BCUT2D eigenvalue weighted by atomic mass is 16.5. The fourth-order valence-corrected chi connectivity index (χ4v) is 1.22. The van der Waals surface area contributed by atoms with Gasteiger partial charge >= 0.3 is 0 Å². The summed E-state index contributed by atoms with van der Waals surface area (Å²) in [6.07, 6.45) is 0. The predicted molar refractivity (Wildman–Crippen MR) is 72.9 cm³/mol. The molecule has 2 aromatic carbocycles. The van der Waals surface area contributed by atoms with E-state index in [1.165, 1.54) is 0 Å². The second-order valence-corrected chi connectivity index (χ2v) is 3.42. The van der Waals surface area contributed by atoms with Gasteiger partial charge in [-0.2, -0.15) is 0 Å². The molecule has 0 spiro atoms. The SMILES string of the molecule is CCOc1cccc(N)c1.Nc1ccccc1. The molecule has 3 nitrogen and oxygen atoms in total. The van der Waals surface area contributed by atoms with Crippen molar-refractivity contribution in [3.05, 3.63) is 54.6 Å². The van der Waals surface area contributed by atoms with Crippen LogP contribution in [0.25, 0.3) is 0 Å². The minimum Gasteiger partial charge on any atom is -0.494 e. The first-order valence-electron chi connectivity index (χ1n) is 5.51. The molecule has 0 aromatic heterocycles. The smallest absolute Gasteiger partial charge is 0.121 e. The van der Waals surface area contributed by atoms with Crippen LogP contribution in [0, 0.1) is 0 Å². The first-order valence-corrected chi connectivity index (χ1v) is 5.51. The monoisotopic (exact) mass is 230 g/mol. The molecule has 4 N–H and O–H groups in total. The molecule has 3 heteroatoms. The molecule has 0 saturated carbocycles. The molecule has 0 amide bonds. The Morgan fingerprint density at radius 3 is 2.00 bits per heavy atom. The van der Waals surface area contributed by atoms with Crippen LogP contribution in [0.3, 0.4) is 0 Å². The first-order chi connectivity index (χ1) is 8.22. The Labute approximate surface area is 102 Å². The quantitative estimate of drug-likeness (QED) is 0.780. The van der Waals surface area contributed by atoms with Crippen molar-refractivity contribution in [2.75, 3.05) is 18.1 Å². The summed E-state index contributed by atoms with van der Waals surface area (Å²) in [6, 6.07) is 16.9. The van der Waals surface area contributed by atoms with Crippen LogP contribution in [0.1, 0.15) is 6.92 Å². The van der Waals surface area contributed by atoms with Crippen LogP contribution >= 0.6 is 0 Å². The lowest BCUT2D eigenvalue weighted by Gasteiger charge is -2.01. The zero-order valence-corrected chi connectivity index (χ0v) is 9.97. The van der Waals surface area contributed by atoms with Crippen LogP contribution in [0.4, 0.5) is 11.4 Å². The Kier molecular flexibility index (Phi) is 5.44. The maximum atomic E-state index is 5.51. The highest BCUT2D eigenvalue weighted by Crippen LogP contribution is 2.13. The average molecular weight is 230 g/mol. The molecule has 0 saturated heterocycles. The van der Waals surface area contributed by atoms with E-state index in [-0.39, 0.29) is 0 Å². The number of para-hydroxylation sites is 1. The predicted octanol–water partition coefficient (Wildman–Crippen LogP) is 2.94. The van der Waals surface area contributed by atoms with Crippen LogP contribution in [0.2, 0.25) is 0 Å². The van der Waals surface area contributed by atoms with Gasteiger partial charge in [0.25, 0.3) is 0 Å². The van der Waals surface area contributed by atoms with E-state index < -0.39 is 0 Å². The van der Waals surface area contributed by atoms with E-state index in [0.29, 0.717) is 6.61 Å². The maximum Gasteiger partial charge on any atom is 0.121 e. The molecule has 0 aliphatic carbocycles. The molecule has 90 valence electrons. The van der Waals surface area contributed by atoms with Crippen molar-refractivity contribution in [3.63, 3.8) is 0 Å². The molecule has 0 bridgehead atoms. The summed E-state index contributed by atoms with van der Waals surface area (Å²) >= 11 is 0. The number of hydrogen-bond donors (Lipinski definition) is 2. The van der Waals surface area contributed by atoms with Crippen molar-refractivity contribution in [2.45, 2.75) is 6.92 Å². The number of ether oxygens (including phenoxy) is 1. The number of rotatable bonds is 2. The van der Waals surface area contributed by atoms with Gasteiger partial charge in [0.05, 0.1) is 6.61 Å².